The summed E-state index contributed by atoms with van der Waals surface area (Å²) >= 11 is 0. The lowest BCUT2D eigenvalue weighted by Gasteiger charge is -2.25. The predicted molar refractivity (Wildman–Crippen MR) is 53.5 cm³/mol. The summed E-state index contributed by atoms with van der Waals surface area (Å²) in [6.45, 7) is 1.87. The van der Waals surface area contributed by atoms with Gasteiger partial charge in [-0.25, -0.2) is 0 Å². The lowest BCUT2D eigenvalue weighted by molar-refractivity contribution is 0.118. The van der Waals surface area contributed by atoms with Crippen LogP contribution in [0.1, 0.15) is 38.5 Å². The predicted octanol–water partition coefficient (Wildman–Crippen LogP) is 1.99. The Morgan fingerprint density at radius 1 is 0.923 bits per heavy atom. The molecule has 2 fully saturated rings. The first-order chi connectivity index (χ1) is 6.36. The van der Waals surface area contributed by atoms with Crippen molar-refractivity contribution in [3.63, 3.8) is 0 Å². The first-order valence-electron chi connectivity index (χ1n) is 5.39. The zero-order valence-electron chi connectivity index (χ0n) is 8.22. The number of ether oxygens (including phenoxy) is 1. The van der Waals surface area contributed by atoms with Gasteiger partial charge in [-0.1, -0.05) is 11.1 Å². The molecular formula is C11H19NO. The van der Waals surface area contributed by atoms with Crippen LogP contribution in [0.2, 0.25) is 0 Å². The molecule has 0 atom stereocenters. The van der Waals surface area contributed by atoms with Crippen LogP contribution in [0, 0.1) is 0 Å². The van der Waals surface area contributed by atoms with Gasteiger partial charge in [0.1, 0.15) is 0 Å². The van der Waals surface area contributed by atoms with Gasteiger partial charge in [-0.05, 0) is 38.5 Å². The molecule has 13 heavy (non-hydrogen) atoms. The van der Waals surface area contributed by atoms with Crippen molar-refractivity contribution in [2.45, 2.75) is 44.6 Å². The number of nitrogens with two attached hydrogens (primary N) is 1. The second-order valence-electron chi connectivity index (χ2n) is 4.16. The fourth-order valence-corrected chi connectivity index (χ4v) is 2.31. The Morgan fingerprint density at radius 2 is 1.46 bits per heavy atom. The Balaban J connectivity index is 1.97. The van der Waals surface area contributed by atoms with Crippen LogP contribution in [0.4, 0.5) is 0 Å². The third-order valence-corrected chi connectivity index (χ3v) is 3.23. The van der Waals surface area contributed by atoms with Gasteiger partial charge in [0.2, 0.25) is 0 Å². The third-order valence-electron chi connectivity index (χ3n) is 3.23. The van der Waals surface area contributed by atoms with Crippen LogP contribution in [0.25, 0.3) is 0 Å². The molecule has 1 aliphatic carbocycles. The summed E-state index contributed by atoms with van der Waals surface area (Å²) in [6, 6.07) is 0.462. The Bertz CT molecular complexity index is 192. The Morgan fingerprint density at radius 3 is 2.08 bits per heavy atom. The van der Waals surface area contributed by atoms with E-state index < -0.39 is 0 Å². The first kappa shape index (κ1) is 9.22. The van der Waals surface area contributed by atoms with E-state index in [9.17, 15) is 0 Å². The molecule has 0 spiro atoms. The van der Waals surface area contributed by atoms with Crippen LogP contribution in [0.5, 0.6) is 0 Å². The van der Waals surface area contributed by atoms with Crippen molar-refractivity contribution in [2.75, 3.05) is 13.2 Å². The second kappa shape index (κ2) is 4.25. The summed E-state index contributed by atoms with van der Waals surface area (Å²) in [6.07, 6.45) is 7.22. The molecule has 0 unspecified atom stereocenters. The minimum absolute atomic E-state index is 0.462. The van der Waals surface area contributed by atoms with E-state index in [0.717, 1.165) is 13.2 Å². The molecule has 1 saturated heterocycles. The summed E-state index contributed by atoms with van der Waals surface area (Å²) in [5.41, 5.74) is 9.26. The molecule has 74 valence electrons. The molecule has 0 radical (unpaired) electrons. The van der Waals surface area contributed by atoms with Crippen molar-refractivity contribution in [2.24, 2.45) is 5.73 Å². The van der Waals surface area contributed by atoms with E-state index in [1.54, 1.807) is 11.1 Å². The zero-order chi connectivity index (χ0) is 9.10. The molecule has 2 aliphatic rings. The Hall–Kier alpha value is -0.340. The highest BCUT2D eigenvalue weighted by atomic mass is 16.5. The topological polar surface area (TPSA) is 35.2 Å². The van der Waals surface area contributed by atoms with Gasteiger partial charge in [0.05, 0.1) is 13.2 Å². The molecule has 2 rings (SSSR count). The molecule has 0 aromatic carbocycles. The third kappa shape index (κ3) is 2.32. The summed E-state index contributed by atoms with van der Waals surface area (Å²) < 4.78 is 5.35. The van der Waals surface area contributed by atoms with E-state index in [2.05, 4.69) is 0 Å². The monoisotopic (exact) mass is 181 g/mol. The van der Waals surface area contributed by atoms with Gasteiger partial charge in [-0.3, -0.25) is 0 Å². The fourth-order valence-electron chi connectivity index (χ4n) is 2.31. The Labute approximate surface area is 80.1 Å². The SMILES string of the molecule is NC1CCC(=C2CCOCC2)CC1. The molecule has 2 nitrogen and oxygen atoms in total. The maximum atomic E-state index is 5.88. The molecule has 1 aliphatic heterocycles. The summed E-state index contributed by atoms with van der Waals surface area (Å²) in [4.78, 5) is 0. The number of hydrogen-bond donors (Lipinski definition) is 1. The van der Waals surface area contributed by atoms with Crippen molar-refractivity contribution < 1.29 is 4.74 Å². The van der Waals surface area contributed by atoms with E-state index in [4.69, 9.17) is 10.5 Å². The van der Waals surface area contributed by atoms with Crippen molar-refractivity contribution in [3.8, 4) is 0 Å². The van der Waals surface area contributed by atoms with Gasteiger partial charge in [-0.2, -0.15) is 0 Å². The normalized spacial score (nSPS) is 30.7. The fraction of sp³-hybridized carbons (Fsp3) is 0.818. The summed E-state index contributed by atoms with van der Waals surface area (Å²) in [5.74, 6) is 0. The van der Waals surface area contributed by atoms with Crippen LogP contribution in [0.3, 0.4) is 0 Å². The van der Waals surface area contributed by atoms with Crippen LogP contribution in [0.15, 0.2) is 11.1 Å². The van der Waals surface area contributed by atoms with Gasteiger partial charge in [-0.15, -0.1) is 0 Å². The zero-order valence-corrected chi connectivity index (χ0v) is 8.22. The minimum atomic E-state index is 0.462. The van der Waals surface area contributed by atoms with Crippen LogP contribution in [-0.2, 0) is 4.74 Å². The Kier molecular flexibility index (Phi) is 3.01. The van der Waals surface area contributed by atoms with E-state index in [-0.39, 0.29) is 0 Å². The number of allylic oxidation sites excluding steroid dienone is 1. The van der Waals surface area contributed by atoms with E-state index >= 15 is 0 Å². The largest absolute Gasteiger partial charge is 0.381 e. The van der Waals surface area contributed by atoms with Gasteiger partial charge in [0.15, 0.2) is 0 Å². The number of rotatable bonds is 0. The number of hydrogen-bond acceptors (Lipinski definition) is 2. The standard InChI is InChI=1S/C11H19NO/c12-11-3-1-9(2-4-11)10-5-7-13-8-6-10/h11H,1-8,12H2. The van der Waals surface area contributed by atoms with Crippen molar-refractivity contribution >= 4 is 0 Å². The summed E-state index contributed by atoms with van der Waals surface area (Å²) in [5, 5.41) is 0. The van der Waals surface area contributed by atoms with E-state index in [1.165, 1.54) is 38.5 Å². The van der Waals surface area contributed by atoms with Crippen molar-refractivity contribution in [1.29, 1.82) is 0 Å². The molecule has 0 amide bonds. The second-order valence-corrected chi connectivity index (χ2v) is 4.16. The molecule has 2 heteroatoms. The average Bonchev–Trinajstić information content (AvgIpc) is 2.20. The lowest BCUT2D eigenvalue weighted by atomic mass is 9.86. The smallest absolute Gasteiger partial charge is 0.0503 e. The molecular weight excluding hydrogens is 162 g/mol. The van der Waals surface area contributed by atoms with Crippen LogP contribution < -0.4 is 5.73 Å². The minimum Gasteiger partial charge on any atom is -0.381 e. The van der Waals surface area contributed by atoms with Gasteiger partial charge >= 0.3 is 0 Å². The van der Waals surface area contributed by atoms with Crippen LogP contribution in [-0.4, -0.2) is 19.3 Å². The lowest BCUT2D eigenvalue weighted by Crippen LogP contribution is -2.24. The van der Waals surface area contributed by atoms with Crippen LogP contribution >= 0.6 is 0 Å². The van der Waals surface area contributed by atoms with Gasteiger partial charge in [0.25, 0.3) is 0 Å². The molecule has 2 N–H and O–H groups in total. The molecule has 1 saturated carbocycles. The first-order valence-corrected chi connectivity index (χ1v) is 5.39. The average molecular weight is 181 g/mol. The van der Waals surface area contributed by atoms with Gasteiger partial charge in [0, 0.05) is 6.04 Å². The maximum Gasteiger partial charge on any atom is 0.0503 e. The highest BCUT2D eigenvalue weighted by Crippen LogP contribution is 2.29. The highest BCUT2D eigenvalue weighted by Gasteiger charge is 2.17. The molecule has 0 aromatic heterocycles. The maximum absolute atomic E-state index is 5.88. The van der Waals surface area contributed by atoms with Crippen molar-refractivity contribution in [1.82, 2.24) is 0 Å². The van der Waals surface area contributed by atoms with E-state index in [1.807, 2.05) is 0 Å². The molecule has 0 aromatic rings. The van der Waals surface area contributed by atoms with Crippen molar-refractivity contribution in [3.05, 3.63) is 11.1 Å². The quantitative estimate of drug-likeness (QED) is 0.580. The highest BCUT2D eigenvalue weighted by molar-refractivity contribution is 5.17. The van der Waals surface area contributed by atoms with Gasteiger partial charge < -0.3 is 10.5 Å². The summed E-state index contributed by atoms with van der Waals surface area (Å²) in [7, 11) is 0. The van der Waals surface area contributed by atoms with E-state index in [0.29, 0.717) is 6.04 Å². The molecule has 1 heterocycles. The molecule has 0 bridgehead atoms.